The minimum absolute atomic E-state index is 0.164. The highest BCUT2D eigenvalue weighted by Gasteiger charge is 2.25. The van der Waals surface area contributed by atoms with Gasteiger partial charge >= 0.3 is 6.03 Å². The van der Waals surface area contributed by atoms with Crippen LogP contribution in [0.5, 0.6) is 0 Å². The van der Waals surface area contributed by atoms with Crippen molar-refractivity contribution in [3.8, 4) is 0 Å². The summed E-state index contributed by atoms with van der Waals surface area (Å²) in [7, 11) is 0. The number of benzene rings is 2. The lowest BCUT2D eigenvalue weighted by atomic mass is 9.99. The number of β-amino-alcohol motifs (C(OH)–C–C–N with tert-alkyl or cyclic N) is 1. The maximum absolute atomic E-state index is 12.7. The van der Waals surface area contributed by atoms with E-state index in [0.717, 1.165) is 24.0 Å². The first kappa shape index (κ1) is 16.8. The fourth-order valence-corrected chi connectivity index (χ4v) is 3.24. The standard InChI is InChI=1S/C19H21ClN2O2/c20-16-9-4-8-15(12-16)18(14-6-2-1-3-7-14)21-19(24)22-11-5-10-17(23)13-22/h1-4,6-9,12,17-18,23H,5,10-11,13H2,(H,21,24). The Hall–Kier alpha value is -2.04. The maximum atomic E-state index is 12.7. The van der Waals surface area contributed by atoms with Crippen molar-refractivity contribution in [1.29, 1.82) is 0 Å². The Labute approximate surface area is 147 Å². The van der Waals surface area contributed by atoms with E-state index in [1.807, 2.05) is 54.6 Å². The molecule has 5 heteroatoms. The van der Waals surface area contributed by atoms with Gasteiger partial charge in [0.25, 0.3) is 0 Å². The average Bonchev–Trinajstić information content (AvgIpc) is 2.60. The third-order valence-corrected chi connectivity index (χ3v) is 4.50. The molecule has 2 amide bonds. The average molecular weight is 345 g/mol. The number of nitrogens with one attached hydrogen (secondary N) is 1. The first-order valence-electron chi connectivity index (χ1n) is 8.17. The lowest BCUT2D eigenvalue weighted by molar-refractivity contribution is 0.0837. The summed E-state index contributed by atoms with van der Waals surface area (Å²) in [5, 5.41) is 13.5. The molecule has 1 heterocycles. The topological polar surface area (TPSA) is 52.6 Å². The van der Waals surface area contributed by atoms with Gasteiger partial charge in [-0.15, -0.1) is 0 Å². The Bertz CT molecular complexity index is 693. The smallest absolute Gasteiger partial charge is 0.318 e. The quantitative estimate of drug-likeness (QED) is 0.894. The van der Waals surface area contributed by atoms with Crippen LogP contribution in [0.25, 0.3) is 0 Å². The van der Waals surface area contributed by atoms with E-state index in [1.54, 1.807) is 4.90 Å². The summed E-state index contributed by atoms with van der Waals surface area (Å²) in [5.41, 5.74) is 1.92. The van der Waals surface area contributed by atoms with Gasteiger partial charge in [-0.25, -0.2) is 4.79 Å². The molecule has 0 spiro atoms. The zero-order valence-corrected chi connectivity index (χ0v) is 14.1. The van der Waals surface area contributed by atoms with Crippen LogP contribution in [0.2, 0.25) is 5.02 Å². The second-order valence-corrected chi connectivity index (χ2v) is 6.53. The third-order valence-electron chi connectivity index (χ3n) is 4.27. The van der Waals surface area contributed by atoms with Crippen molar-refractivity contribution < 1.29 is 9.90 Å². The fourth-order valence-electron chi connectivity index (χ4n) is 3.04. The van der Waals surface area contributed by atoms with Gasteiger partial charge in [0.15, 0.2) is 0 Å². The SMILES string of the molecule is O=C(NC(c1ccccc1)c1cccc(Cl)c1)N1CCCC(O)C1. The molecule has 2 aromatic carbocycles. The fraction of sp³-hybridized carbons (Fsp3) is 0.316. The number of carbonyl (C=O) groups excluding carboxylic acids is 1. The zero-order valence-electron chi connectivity index (χ0n) is 13.4. The van der Waals surface area contributed by atoms with E-state index in [0.29, 0.717) is 18.1 Å². The molecule has 2 aromatic rings. The highest BCUT2D eigenvalue weighted by atomic mass is 35.5. The van der Waals surface area contributed by atoms with Crippen molar-refractivity contribution in [3.05, 3.63) is 70.7 Å². The molecule has 4 nitrogen and oxygen atoms in total. The molecule has 1 aliphatic heterocycles. The van der Waals surface area contributed by atoms with Crippen LogP contribution in [0.3, 0.4) is 0 Å². The second-order valence-electron chi connectivity index (χ2n) is 6.09. The molecule has 1 aliphatic rings. The van der Waals surface area contributed by atoms with Crippen molar-refractivity contribution >= 4 is 17.6 Å². The van der Waals surface area contributed by atoms with Gasteiger partial charge in [0.05, 0.1) is 12.1 Å². The molecule has 126 valence electrons. The predicted molar refractivity (Wildman–Crippen MR) is 95.1 cm³/mol. The van der Waals surface area contributed by atoms with E-state index in [1.165, 1.54) is 0 Å². The Morgan fingerprint density at radius 3 is 2.62 bits per heavy atom. The molecule has 0 aromatic heterocycles. The molecule has 1 saturated heterocycles. The van der Waals surface area contributed by atoms with E-state index in [-0.39, 0.29) is 12.1 Å². The molecule has 2 unspecified atom stereocenters. The van der Waals surface area contributed by atoms with Gasteiger partial charge in [-0.1, -0.05) is 54.1 Å². The van der Waals surface area contributed by atoms with Crippen molar-refractivity contribution in [3.63, 3.8) is 0 Å². The number of hydrogen-bond donors (Lipinski definition) is 2. The number of aliphatic hydroxyl groups excluding tert-OH is 1. The zero-order chi connectivity index (χ0) is 16.9. The van der Waals surface area contributed by atoms with Gasteiger partial charge in [-0.05, 0) is 36.1 Å². The summed E-state index contributed by atoms with van der Waals surface area (Å²) < 4.78 is 0. The summed E-state index contributed by atoms with van der Waals surface area (Å²) in [6.07, 6.45) is 1.13. The lowest BCUT2D eigenvalue weighted by Crippen LogP contribution is -2.48. The van der Waals surface area contributed by atoms with Crippen molar-refractivity contribution in [2.75, 3.05) is 13.1 Å². The summed E-state index contributed by atoms with van der Waals surface area (Å²) in [4.78, 5) is 14.3. The highest BCUT2D eigenvalue weighted by molar-refractivity contribution is 6.30. The Morgan fingerprint density at radius 1 is 1.17 bits per heavy atom. The van der Waals surface area contributed by atoms with Gasteiger partial charge in [0.1, 0.15) is 0 Å². The van der Waals surface area contributed by atoms with Gasteiger partial charge in [0, 0.05) is 18.1 Å². The Morgan fingerprint density at radius 2 is 1.92 bits per heavy atom. The van der Waals surface area contributed by atoms with Gasteiger partial charge in [-0.3, -0.25) is 0 Å². The van der Waals surface area contributed by atoms with Crippen molar-refractivity contribution in [2.45, 2.75) is 25.0 Å². The molecule has 1 fully saturated rings. The number of nitrogens with zero attached hydrogens (tertiary/aromatic N) is 1. The number of amides is 2. The Kier molecular flexibility index (Phi) is 5.38. The summed E-state index contributed by atoms with van der Waals surface area (Å²) in [5.74, 6) is 0. The molecule has 3 rings (SSSR count). The number of piperidine rings is 1. The van der Waals surface area contributed by atoms with E-state index < -0.39 is 6.10 Å². The number of rotatable bonds is 3. The number of hydrogen-bond acceptors (Lipinski definition) is 2. The highest BCUT2D eigenvalue weighted by Crippen LogP contribution is 2.25. The number of aliphatic hydroxyl groups is 1. The molecular weight excluding hydrogens is 324 g/mol. The van der Waals surface area contributed by atoms with Crippen LogP contribution in [0, 0.1) is 0 Å². The Balaban J connectivity index is 1.84. The second kappa shape index (κ2) is 7.69. The van der Waals surface area contributed by atoms with Crippen molar-refractivity contribution in [1.82, 2.24) is 10.2 Å². The van der Waals surface area contributed by atoms with Crippen LogP contribution in [0.15, 0.2) is 54.6 Å². The monoisotopic (exact) mass is 344 g/mol. The van der Waals surface area contributed by atoms with Gasteiger partial charge < -0.3 is 15.3 Å². The van der Waals surface area contributed by atoms with E-state index in [9.17, 15) is 9.90 Å². The van der Waals surface area contributed by atoms with Crippen molar-refractivity contribution in [2.24, 2.45) is 0 Å². The first-order chi connectivity index (χ1) is 11.6. The molecule has 24 heavy (non-hydrogen) atoms. The number of urea groups is 1. The van der Waals surface area contributed by atoms with Gasteiger partial charge in [0.2, 0.25) is 0 Å². The summed E-state index contributed by atoms with van der Waals surface area (Å²) in [6, 6.07) is 16.9. The molecule has 0 saturated carbocycles. The lowest BCUT2D eigenvalue weighted by Gasteiger charge is -2.32. The molecule has 2 atom stereocenters. The summed E-state index contributed by atoms with van der Waals surface area (Å²) in [6.45, 7) is 1.04. The number of carbonyl (C=O) groups is 1. The number of halogens is 1. The van der Waals surface area contributed by atoms with Crippen LogP contribution in [0.4, 0.5) is 4.79 Å². The third kappa shape index (κ3) is 4.08. The van der Waals surface area contributed by atoms with Crippen LogP contribution in [-0.2, 0) is 0 Å². The normalized spacial score (nSPS) is 18.9. The predicted octanol–water partition coefficient (Wildman–Crippen LogP) is 3.60. The molecule has 0 bridgehead atoms. The van der Waals surface area contributed by atoms with Crippen LogP contribution in [-0.4, -0.2) is 35.2 Å². The van der Waals surface area contributed by atoms with Crippen LogP contribution >= 0.6 is 11.6 Å². The van der Waals surface area contributed by atoms with Crippen LogP contribution in [0.1, 0.15) is 30.0 Å². The maximum Gasteiger partial charge on any atom is 0.318 e. The number of likely N-dealkylation sites (tertiary alicyclic amines) is 1. The molecule has 0 aliphatic carbocycles. The van der Waals surface area contributed by atoms with Gasteiger partial charge in [-0.2, -0.15) is 0 Å². The minimum Gasteiger partial charge on any atom is -0.391 e. The molecular formula is C19H21ClN2O2. The van der Waals surface area contributed by atoms with E-state index in [4.69, 9.17) is 11.6 Å². The molecule has 0 radical (unpaired) electrons. The summed E-state index contributed by atoms with van der Waals surface area (Å²) >= 11 is 6.12. The first-order valence-corrected chi connectivity index (χ1v) is 8.55. The largest absolute Gasteiger partial charge is 0.391 e. The van der Waals surface area contributed by atoms with E-state index >= 15 is 0 Å². The van der Waals surface area contributed by atoms with Crippen LogP contribution < -0.4 is 5.32 Å². The van der Waals surface area contributed by atoms with E-state index in [2.05, 4.69) is 5.32 Å². The minimum atomic E-state index is -0.439. The molecule has 2 N–H and O–H groups in total.